The lowest BCUT2D eigenvalue weighted by Crippen LogP contribution is -2.19. The summed E-state index contributed by atoms with van der Waals surface area (Å²) >= 11 is 5.80. The fourth-order valence-corrected chi connectivity index (χ4v) is 2.32. The van der Waals surface area contributed by atoms with Crippen LogP contribution >= 0.6 is 11.6 Å². The number of carboxylic acids is 1. The van der Waals surface area contributed by atoms with E-state index in [1.54, 1.807) is 12.1 Å². The van der Waals surface area contributed by atoms with Gasteiger partial charge in [0, 0.05) is 0 Å². The summed E-state index contributed by atoms with van der Waals surface area (Å²) in [6.07, 6.45) is 5.94. The predicted molar refractivity (Wildman–Crippen MR) is 65.9 cm³/mol. The minimum atomic E-state index is -1.02. The molecular weight excluding hydrogens is 240 g/mol. The van der Waals surface area contributed by atoms with Crippen molar-refractivity contribution in [2.45, 2.75) is 38.2 Å². The van der Waals surface area contributed by atoms with Gasteiger partial charge in [-0.2, -0.15) is 0 Å². The fourth-order valence-electron chi connectivity index (χ4n) is 2.12. The van der Waals surface area contributed by atoms with Crippen LogP contribution in [0.15, 0.2) is 18.2 Å². The average Bonchev–Trinajstić information content (AvgIpc) is 2.32. The molecule has 0 atom stereocenters. The second-order valence-electron chi connectivity index (χ2n) is 4.32. The van der Waals surface area contributed by atoms with Crippen LogP contribution in [0.4, 0.5) is 0 Å². The van der Waals surface area contributed by atoms with E-state index >= 15 is 0 Å². The number of halogens is 1. The third-order valence-corrected chi connectivity index (χ3v) is 3.35. The van der Waals surface area contributed by atoms with E-state index in [-0.39, 0.29) is 16.7 Å². The van der Waals surface area contributed by atoms with E-state index in [0.717, 1.165) is 12.8 Å². The summed E-state index contributed by atoms with van der Waals surface area (Å²) in [7, 11) is 0. The van der Waals surface area contributed by atoms with Crippen molar-refractivity contribution in [2.24, 2.45) is 0 Å². The molecule has 1 aromatic rings. The molecule has 1 aliphatic carbocycles. The molecule has 0 saturated heterocycles. The van der Waals surface area contributed by atoms with Gasteiger partial charge in [0.15, 0.2) is 0 Å². The largest absolute Gasteiger partial charge is 0.490 e. The lowest BCUT2D eigenvalue weighted by molar-refractivity contribution is 0.0696. The van der Waals surface area contributed by atoms with Crippen molar-refractivity contribution in [3.8, 4) is 5.75 Å². The topological polar surface area (TPSA) is 46.5 Å². The first-order valence-corrected chi connectivity index (χ1v) is 6.24. The second kappa shape index (κ2) is 5.41. The van der Waals surface area contributed by atoms with Crippen LogP contribution in [-0.4, -0.2) is 17.2 Å². The van der Waals surface area contributed by atoms with Crippen LogP contribution in [0.3, 0.4) is 0 Å². The number of carboxylic acid groups (broad SMARTS) is 1. The van der Waals surface area contributed by atoms with Crippen LogP contribution < -0.4 is 4.74 Å². The average molecular weight is 255 g/mol. The minimum Gasteiger partial charge on any atom is -0.490 e. The molecule has 0 bridgehead atoms. The third-order valence-electron chi connectivity index (χ3n) is 3.02. The smallest absolute Gasteiger partial charge is 0.337 e. The number of hydrogen-bond acceptors (Lipinski definition) is 2. The van der Waals surface area contributed by atoms with Gasteiger partial charge in [-0.15, -0.1) is 0 Å². The number of hydrogen-bond donors (Lipinski definition) is 1. The Hall–Kier alpha value is -1.22. The maximum absolute atomic E-state index is 10.9. The molecule has 0 radical (unpaired) electrons. The Morgan fingerprint density at radius 3 is 2.65 bits per heavy atom. The van der Waals surface area contributed by atoms with Gasteiger partial charge >= 0.3 is 5.97 Å². The van der Waals surface area contributed by atoms with Crippen LogP contribution in [0, 0.1) is 0 Å². The van der Waals surface area contributed by atoms with Gasteiger partial charge in [0.2, 0.25) is 0 Å². The molecule has 1 fully saturated rings. The molecule has 0 heterocycles. The molecule has 1 saturated carbocycles. The summed E-state index contributed by atoms with van der Waals surface area (Å²) in [6.45, 7) is 0. The Bertz CT molecular complexity index is 411. The number of ether oxygens (including phenoxy) is 1. The molecular formula is C13H15ClO3. The lowest BCUT2D eigenvalue weighted by Gasteiger charge is -2.23. The van der Waals surface area contributed by atoms with E-state index in [1.165, 1.54) is 25.3 Å². The van der Waals surface area contributed by atoms with Crippen molar-refractivity contribution in [2.75, 3.05) is 0 Å². The number of carbonyl (C=O) groups is 1. The maximum Gasteiger partial charge on any atom is 0.337 e. The van der Waals surface area contributed by atoms with Gasteiger partial charge in [-0.3, -0.25) is 0 Å². The summed E-state index contributed by atoms with van der Waals surface area (Å²) in [5, 5.41) is 9.20. The zero-order valence-corrected chi connectivity index (χ0v) is 10.2. The van der Waals surface area contributed by atoms with Gasteiger partial charge in [0.1, 0.15) is 5.75 Å². The lowest BCUT2D eigenvalue weighted by atomic mass is 9.98. The van der Waals surface area contributed by atoms with Crippen LogP contribution in [0.1, 0.15) is 42.5 Å². The first-order chi connectivity index (χ1) is 8.16. The van der Waals surface area contributed by atoms with Gasteiger partial charge in [-0.05, 0) is 43.9 Å². The normalized spacial score (nSPS) is 16.8. The molecule has 0 amide bonds. The summed E-state index contributed by atoms with van der Waals surface area (Å²) in [6, 6.07) is 4.80. The molecule has 0 spiro atoms. The zero-order valence-electron chi connectivity index (χ0n) is 9.49. The third kappa shape index (κ3) is 3.13. The van der Waals surface area contributed by atoms with Crippen molar-refractivity contribution < 1.29 is 14.6 Å². The van der Waals surface area contributed by atoms with Gasteiger partial charge in [-0.25, -0.2) is 4.79 Å². The number of benzene rings is 1. The molecule has 0 aromatic heterocycles. The van der Waals surface area contributed by atoms with Gasteiger partial charge < -0.3 is 9.84 Å². The summed E-state index contributed by atoms with van der Waals surface area (Å²) in [5.74, 6) is -0.428. The van der Waals surface area contributed by atoms with Crippen LogP contribution in [0.5, 0.6) is 5.75 Å². The Kier molecular flexibility index (Phi) is 3.89. The molecule has 3 nitrogen and oxygen atoms in total. The van der Waals surface area contributed by atoms with E-state index in [4.69, 9.17) is 21.4 Å². The second-order valence-corrected chi connectivity index (χ2v) is 4.73. The predicted octanol–water partition coefficient (Wildman–Crippen LogP) is 3.75. The maximum atomic E-state index is 10.9. The summed E-state index contributed by atoms with van der Waals surface area (Å²) in [5.41, 5.74) is 0.0972. The Morgan fingerprint density at radius 1 is 1.29 bits per heavy atom. The van der Waals surface area contributed by atoms with Crippen LogP contribution in [-0.2, 0) is 0 Å². The van der Waals surface area contributed by atoms with Crippen molar-refractivity contribution in [3.63, 3.8) is 0 Å². The van der Waals surface area contributed by atoms with Crippen molar-refractivity contribution in [3.05, 3.63) is 28.8 Å². The first kappa shape index (κ1) is 12.2. The molecule has 0 aliphatic heterocycles. The van der Waals surface area contributed by atoms with Crippen LogP contribution in [0.25, 0.3) is 0 Å². The highest BCUT2D eigenvalue weighted by Gasteiger charge is 2.16. The molecule has 1 aromatic carbocycles. The minimum absolute atomic E-state index is 0.0972. The quantitative estimate of drug-likeness (QED) is 0.894. The molecule has 92 valence electrons. The highest BCUT2D eigenvalue weighted by atomic mass is 35.5. The summed E-state index contributed by atoms with van der Waals surface area (Å²) < 4.78 is 5.78. The zero-order chi connectivity index (χ0) is 12.3. The van der Waals surface area contributed by atoms with Crippen molar-refractivity contribution in [1.29, 1.82) is 0 Å². The van der Waals surface area contributed by atoms with Gasteiger partial charge in [0.05, 0.1) is 16.7 Å². The Morgan fingerprint density at radius 2 is 2.00 bits per heavy atom. The van der Waals surface area contributed by atoms with Crippen molar-refractivity contribution >= 4 is 17.6 Å². The van der Waals surface area contributed by atoms with Crippen molar-refractivity contribution in [1.82, 2.24) is 0 Å². The molecule has 0 unspecified atom stereocenters. The van der Waals surface area contributed by atoms with Gasteiger partial charge in [-0.1, -0.05) is 18.0 Å². The van der Waals surface area contributed by atoms with E-state index in [9.17, 15) is 4.79 Å². The molecule has 4 heteroatoms. The van der Waals surface area contributed by atoms with E-state index < -0.39 is 5.97 Å². The van der Waals surface area contributed by atoms with E-state index in [2.05, 4.69) is 0 Å². The summed E-state index contributed by atoms with van der Waals surface area (Å²) in [4.78, 5) is 10.9. The highest BCUT2D eigenvalue weighted by molar-refractivity contribution is 6.33. The standard InChI is InChI=1S/C13H15ClO3/c14-12-7-6-10(8-11(12)13(15)16)17-9-4-2-1-3-5-9/h6-9H,1-5H2,(H,15,16). The highest BCUT2D eigenvalue weighted by Crippen LogP contribution is 2.26. The monoisotopic (exact) mass is 254 g/mol. The van der Waals surface area contributed by atoms with Crippen LogP contribution in [0.2, 0.25) is 5.02 Å². The SMILES string of the molecule is O=C(O)c1cc(OC2CCCCC2)ccc1Cl. The molecule has 17 heavy (non-hydrogen) atoms. The van der Waals surface area contributed by atoms with Gasteiger partial charge in [0.25, 0.3) is 0 Å². The number of aromatic carboxylic acids is 1. The number of rotatable bonds is 3. The molecule has 2 rings (SSSR count). The van der Waals surface area contributed by atoms with E-state index in [0.29, 0.717) is 5.75 Å². The molecule has 1 aliphatic rings. The Balaban J connectivity index is 2.10. The van der Waals surface area contributed by atoms with E-state index in [1.807, 2.05) is 0 Å². The Labute approximate surface area is 105 Å². The fraction of sp³-hybridized carbons (Fsp3) is 0.462. The first-order valence-electron chi connectivity index (χ1n) is 5.86. The molecule has 1 N–H and O–H groups in total.